The minimum atomic E-state index is -0.284. The van der Waals surface area contributed by atoms with Gasteiger partial charge in [0.2, 0.25) is 5.89 Å². The largest absolute Gasteiger partial charge is 0.406 e. The molecule has 4 nitrogen and oxygen atoms in total. The number of nitrogens with zero attached hydrogens (tertiary/aromatic N) is 2. The predicted molar refractivity (Wildman–Crippen MR) is 67.3 cm³/mol. The van der Waals surface area contributed by atoms with E-state index in [0.29, 0.717) is 23.5 Å². The summed E-state index contributed by atoms with van der Waals surface area (Å²) < 4.78 is 5.30. The molecule has 0 bridgehead atoms. The first-order chi connectivity index (χ1) is 8.15. The van der Waals surface area contributed by atoms with Gasteiger partial charge in [-0.15, -0.1) is 16.7 Å². The van der Waals surface area contributed by atoms with Crippen molar-refractivity contribution in [1.82, 2.24) is 10.2 Å². The zero-order valence-electron chi connectivity index (χ0n) is 9.15. The maximum absolute atomic E-state index is 5.81. The van der Waals surface area contributed by atoms with Gasteiger partial charge in [-0.25, -0.2) is 0 Å². The van der Waals surface area contributed by atoms with Crippen LogP contribution < -0.4 is 5.32 Å². The van der Waals surface area contributed by atoms with Crippen molar-refractivity contribution in [3.05, 3.63) is 40.7 Å². The Morgan fingerprint density at radius 3 is 2.59 bits per heavy atom. The minimum Gasteiger partial charge on any atom is -0.406 e. The van der Waals surface area contributed by atoms with Gasteiger partial charge in [0.05, 0.1) is 0 Å². The molecule has 0 saturated carbocycles. The molecule has 1 atom stereocenters. The van der Waals surface area contributed by atoms with E-state index >= 15 is 0 Å². The number of hydrogen-bond donors (Lipinski definition) is 1. The highest BCUT2D eigenvalue weighted by molar-refractivity contribution is 6.30. The number of alkyl halides is 1. The summed E-state index contributed by atoms with van der Waals surface area (Å²) in [5.74, 6) is 0.408. The van der Waals surface area contributed by atoms with Crippen molar-refractivity contribution in [1.29, 1.82) is 0 Å². The number of benzene rings is 1. The fraction of sp³-hybridized carbons (Fsp3) is 0.273. The van der Waals surface area contributed by atoms with Crippen LogP contribution in [0.25, 0.3) is 0 Å². The lowest BCUT2D eigenvalue weighted by atomic mass is 10.2. The summed E-state index contributed by atoms with van der Waals surface area (Å²) in [6.07, 6.45) is 0. The molecule has 17 heavy (non-hydrogen) atoms. The van der Waals surface area contributed by atoms with E-state index in [0.717, 1.165) is 5.56 Å². The Morgan fingerprint density at radius 1 is 1.29 bits per heavy atom. The minimum absolute atomic E-state index is 0.284. The van der Waals surface area contributed by atoms with E-state index in [-0.39, 0.29) is 5.38 Å². The fourth-order valence-electron chi connectivity index (χ4n) is 1.25. The van der Waals surface area contributed by atoms with Crippen LogP contribution in [0.1, 0.15) is 23.8 Å². The van der Waals surface area contributed by atoms with Crippen LogP contribution in [-0.4, -0.2) is 10.2 Å². The van der Waals surface area contributed by atoms with Crippen LogP contribution in [-0.2, 0) is 6.54 Å². The molecular formula is C11H11Cl2N3O. The third-order valence-corrected chi connectivity index (χ3v) is 2.58. The van der Waals surface area contributed by atoms with Crippen LogP contribution >= 0.6 is 23.2 Å². The molecule has 0 aliphatic heterocycles. The van der Waals surface area contributed by atoms with Crippen LogP contribution in [0.2, 0.25) is 5.02 Å². The van der Waals surface area contributed by atoms with Crippen LogP contribution in [0.15, 0.2) is 28.7 Å². The molecule has 90 valence electrons. The van der Waals surface area contributed by atoms with Crippen molar-refractivity contribution in [2.45, 2.75) is 18.8 Å². The van der Waals surface area contributed by atoms with Gasteiger partial charge >= 0.3 is 6.01 Å². The topological polar surface area (TPSA) is 51.0 Å². The molecule has 0 radical (unpaired) electrons. The maximum Gasteiger partial charge on any atom is 0.315 e. The van der Waals surface area contributed by atoms with Gasteiger partial charge in [0.1, 0.15) is 5.38 Å². The van der Waals surface area contributed by atoms with Gasteiger partial charge in [0.25, 0.3) is 0 Å². The molecule has 0 aliphatic rings. The van der Waals surface area contributed by atoms with Gasteiger partial charge in [0, 0.05) is 11.6 Å². The Labute approximate surface area is 109 Å². The standard InChI is InChI=1S/C11H11Cl2N3O/c1-7(12)10-15-16-11(17-10)14-6-8-2-4-9(13)5-3-8/h2-5,7H,6H2,1H3,(H,14,16). The van der Waals surface area contributed by atoms with Crippen LogP contribution in [0.5, 0.6) is 0 Å². The van der Waals surface area contributed by atoms with E-state index in [1.807, 2.05) is 24.3 Å². The molecule has 2 aromatic rings. The second-order valence-electron chi connectivity index (χ2n) is 3.54. The summed E-state index contributed by atoms with van der Waals surface area (Å²) in [5, 5.41) is 11.1. The van der Waals surface area contributed by atoms with E-state index in [1.54, 1.807) is 6.92 Å². The lowest BCUT2D eigenvalue weighted by molar-refractivity contribution is 0.505. The van der Waals surface area contributed by atoms with Crippen molar-refractivity contribution in [2.24, 2.45) is 0 Å². The number of aromatic nitrogens is 2. The first-order valence-electron chi connectivity index (χ1n) is 5.11. The lowest BCUT2D eigenvalue weighted by Gasteiger charge is -2.01. The average molecular weight is 272 g/mol. The molecule has 1 aromatic carbocycles. The average Bonchev–Trinajstić information content (AvgIpc) is 2.77. The first-order valence-corrected chi connectivity index (χ1v) is 5.92. The summed E-state index contributed by atoms with van der Waals surface area (Å²) in [4.78, 5) is 0. The Bertz CT molecular complexity index is 482. The van der Waals surface area contributed by atoms with Crippen molar-refractivity contribution in [2.75, 3.05) is 5.32 Å². The van der Waals surface area contributed by atoms with Gasteiger partial charge in [0.15, 0.2) is 0 Å². The van der Waals surface area contributed by atoms with Crippen LogP contribution in [0.3, 0.4) is 0 Å². The molecule has 1 N–H and O–H groups in total. The summed E-state index contributed by atoms with van der Waals surface area (Å²) >= 11 is 11.6. The summed E-state index contributed by atoms with van der Waals surface area (Å²) in [7, 11) is 0. The van der Waals surface area contributed by atoms with E-state index in [9.17, 15) is 0 Å². The zero-order valence-corrected chi connectivity index (χ0v) is 10.7. The summed E-state index contributed by atoms with van der Waals surface area (Å²) in [5.41, 5.74) is 1.08. The molecule has 0 saturated heterocycles. The molecule has 0 aliphatic carbocycles. The molecule has 6 heteroatoms. The number of hydrogen-bond acceptors (Lipinski definition) is 4. The van der Waals surface area contributed by atoms with E-state index in [4.69, 9.17) is 27.6 Å². The summed E-state index contributed by atoms with van der Waals surface area (Å²) in [6.45, 7) is 2.37. The zero-order chi connectivity index (χ0) is 12.3. The molecule has 2 rings (SSSR count). The Balaban J connectivity index is 1.95. The molecule has 1 unspecified atom stereocenters. The van der Waals surface area contributed by atoms with Crippen LogP contribution in [0, 0.1) is 0 Å². The molecule has 0 amide bonds. The summed E-state index contributed by atoms with van der Waals surface area (Å²) in [6, 6.07) is 7.88. The van der Waals surface area contributed by atoms with Gasteiger partial charge in [-0.2, -0.15) is 0 Å². The van der Waals surface area contributed by atoms with Crippen molar-refractivity contribution in [3.8, 4) is 0 Å². The number of rotatable bonds is 4. The second-order valence-corrected chi connectivity index (χ2v) is 4.63. The monoisotopic (exact) mass is 271 g/mol. The van der Waals surface area contributed by atoms with E-state index in [1.165, 1.54) is 0 Å². The number of halogens is 2. The first kappa shape index (κ1) is 12.2. The van der Waals surface area contributed by atoms with Crippen LogP contribution in [0.4, 0.5) is 6.01 Å². The maximum atomic E-state index is 5.81. The SMILES string of the molecule is CC(Cl)c1nnc(NCc2ccc(Cl)cc2)o1. The third-order valence-electron chi connectivity index (χ3n) is 2.14. The second kappa shape index (κ2) is 5.38. The Kier molecular flexibility index (Phi) is 3.86. The van der Waals surface area contributed by atoms with Gasteiger partial charge in [-0.05, 0) is 24.6 Å². The Hall–Kier alpha value is -1.26. The third kappa shape index (κ3) is 3.35. The quantitative estimate of drug-likeness (QED) is 0.863. The van der Waals surface area contributed by atoms with Crippen molar-refractivity contribution < 1.29 is 4.42 Å². The predicted octanol–water partition coefficient (Wildman–Crippen LogP) is 3.63. The van der Waals surface area contributed by atoms with Crippen molar-refractivity contribution >= 4 is 29.2 Å². The molecular weight excluding hydrogens is 261 g/mol. The van der Waals surface area contributed by atoms with Gasteiger partial charge < -0.3 is 9.73 Å². The van der Waals surface area contributed by atoms with Gasteiger partial charge in [-0.1, -0.05) is 28.8 Å². The fourth-order valence-corrected chi connectivity index (χ4v) is 1.46. The Morgan fingerprint density at radius 2 is 2.00 bits per heavy atom. The highest BCUT2D eigenvalue weighted by atomic mass is 35.5. The van der Waals surface area contributed by atoms with E-state index < -0.39 is 0 Å². The molecule has 0 spiro atoms. The molecule has 0 fully saturated rings. The van der Waals surface area contributed by atoms with Gasteiger partial charge in [-0.3, -0.25) is 0 Å². The number of nitrogens with one attached hydrogen (secondary N) is 1. The normalized spacial score (nSPS) is 12.4. The molecule has 1 heterocycles. The lowest BCUT2D eigenvalue weighted by Crippen LogP contribution is -1.99. The highest BCUT2D eigenvalue weighted by Gasteiger charge is 2.10. The number of anilines is 1. The smallest absolute Gasteiger partial charge is 0.315 e. The van der Waals surface area contributed by atoms with Crippen molar-refractivity contribution in [3.63, 3.8) is 0 Å². The van der Waals surface area contributed by atoms with E-state index in [2.05, 4.69) is 15.5 Å². The molecule has 1 aromatic heterocycles. The highest BCUT2D eigenvalue weighted by Crippen LogP contribution is 2.19.